The number of carbonyl (C=O) groups excluding carboxylic acids is 3. The molecule has 0 unspecified atom stereocenters. The molecule has 1 fully saturated rings. The van der Waals surface area contributed by atoms with Crippen molar-refractivity contribution < 1.29 is 14.4 Å². The summed E-state index contributed by atoms with van der Waals surface area (Å²) in [6.07, 6.45) is 0.437. The van der Waals surface area contributed by atoms with Crippen molar-refractivity contribution in [3.63, 3.8) is 0 Å². The van der Waals surface area contributed by atoms with Crippen molar-refractivity contribution >= 4 is 17.7 Å². The van der Waals surface area contributed by atoms with Gasteiger partial charge in [0.2, 0.25) is 5.91 Å². The normalized spacial score (nSPS) is 14.4. The van der Waals surface area contributed by atoms with Crippen LogP contribution in [-0.4, -0.2) is 60.2 Å². The Balaban J connectivity index is 1.76. The van der Waals surface area contributed by atoms with E-state index in [1.165, 1.54) is 0 Å². The number of aryl methyl sites for hydroxylation is 1. The number of rotatable bonds is 5. The van der Waals surface area contributed by atoms with Crippen molar-refractivity contribution in [2.45, 2.75) is 26.7 Å². The fraction of sp³-hybridized carbons (Fsp3) is 0.500. The second-order valence-electron chi connectivity index (χ2n) is 5.99. The molecular weight excluding hydrogens is 306 g/mol. The van der Waals surface area contributed by atoms with Crippen LogP contribution in [0.3, 0.4) is 0 Å². The molecular formula is C18H25N3O3. The zero-order valence-electron chi connectivity index (χ0n) is 14.4. The lowest BCUT2D eigenvalue weighted by Crippen LogP contribution is -2.53. The van der Waals surface area contributed by atoms with Gasteiger partial charge in [-0.3, -0.25) is 9.59 Å². The molecule has 0 aromatic heterocycles. The molecule has 1 heterocycles. The maximum Gasteiger partial charge on any atom is 0.317 e. The van der Waals surface area contributed by atoms with Crippen LogP contribution in [0.15, 0.2) is 24.3 Å². The van der Waals surface area contributed by atoms with Gasteiger partial charge in [0.15, 0.2) is 5.78 Å². The van der Waals surface area contributed by atoms with Crippen LogP contribution in [0.4, 0.5) is 4.79 Å². The van der Waals surface area contributed by atoms with E-state index in [0.717, 1.165) is 5.56 Å². The van der Waals surface area contributed by atoms with E-state index in [1.54, 1.807) is 21.9 Å². The Kier molecular flexibility index (Phi) is 6.35. The average molecular weight is 331 g/mol. The maximum absolute atomic E-state index is 12.2. The highest BCUT2D eigenvalue weighted by Crippen LogP contribution is 2.10. The van der Waals surface area contributed by atoms with E-state index in [-0.39, 0.29) is 30.6 Å². The van der Waals surface area contributed by atoms with Gasteiger partial charge in [0.05, 0.1) is 0 Å². The molecule has 1 N–H and O–H groups in total. The average Bonchev–Trinajstić information content (AvgIpc) is 2.60. The van der Waals surface area contributed by atoms with Crippen molar-refractivity contribution in [2.75, 3.05) is 32.7 Å². The Hall–Kier alpha value is -2.37. The van der Waals surface area contributed by atoms with E-state index in [0.29, 0.717) is 38.3 Å². The van der Waals surface area contributed by atoms with Crippen LogP contribution in [0, 0.1) is 6.92 Å². The second kappa shape index (κ2) is 8.47. The van der Waals surface area contributed by atoms with Crippen LogP contribution >= 0.6 is 0 Å². The summed E-state index contributed by atoms with van der Waals surface area (Å²) in [5, 5.41) is 2.76. The molecule has 3 amide bonds. The molecule has 0 saturated carbocycles. The van der Waals surface area contributed by atoms with Crippen molar-refractivity contribution in [3.8, 4) is 0 Å². The van der Waals surface area contributed by atoms with Crippen LogP contribution in [0.25, 0.3) is 0 Å². The molecule has 0 bridgehead atoms. The molecule has 0 radical (unpaired) electrons. The number of hydrogen-bond acceptors (Lipinski definition) is 3. The Bertz CT molecular complexity index is 590. The SMILES string of the molecule is CCNC(=O)N1CCN(C(=O)CCC(=O)c2ccc(C)cc2)CC1. The van der Waals surface area contributed by atoms with Gasteiger partial charge in [-0.2, -0.15) is 0 Å². The Morgan fingerprint density at radius 3 is 2.12 bits per heavy atom. The predicted molar refractivity (Wildman–Crippen MR) is 92.0 cm³/mol. The van der Waals surface area contributed by atoms with Gasteiger partial charge in [0.1, 0.15) is 0 Å². The number of benzene rings is 1. The van der Waals surface area contributed by atoms with Crippen molar-refractivity contribution in [2.24, 2.45) is 0 Å². The summed E-state index contributed by atoms with van der Waals surface area (Å²) in [7, 11) is 0. The number of urea groups is 1. The van der Waals surface area contributed by atoms with Gasteiger partial charge in [-0.15, -0.1) is 0 Å². The minimum Gasteiger partial charge on any atom is -0.339 e. The highest BCUT2D eigenvalue weighted by Gasteiger charge is 2.24. The van der Waals surface area contributed by atoms with Crippen LogP contribution in [0.5, 0.6) is 0 Å². The zero-order chi connectivity index (χ0) is 17.5. The van der Waals surface area contributed by atoms with Gasteiger partial charge >= 0.3 is 6.03 Å². The summed E-state index contributed by atoms with van der Waals surface area (Å²) in [5.41, 5.74) is 1.75. The first kappa shape index (κ1) is 18.0. The lowest BCUT2D eigenvalue weighted by atomic mass is 10.0. The summed E-state index contributed by atoms with van der Waals surface area (Å²) in [5.74, 6) is -0.0321. The van der Waals surface area contributed by atoms with Gasteiger partial charge in [-0.1, -0.05) is 29.8 Å². The Morgan fingerprint density at radius 2 is 1.54 bits per heavy atom. The highest BCUT2D eigenvalue weighted by atomic mass is 16.2. The van der Waals surface area contributed by atoms with Gasteiger partial charge in [0.25, 0.3) is 0 Å². The quantitative estimate of drug-likeness (QED) is 0.837. The second-order valence-corrected chi connectivity index (χ2v) is 5.99. The number of Topliss-reactive ketones (excluding diaryl/α,β-unsaturated/α-hetero) is 1. The van der Waals surface area contributed by atoms with Crippen molar-refractivity contribution in [1.82, 2.24) is 15.1 Å². The van der Waals surface area contributed by atoms with E-state index in [9.17, 15) is 14.4 Å². The Labute approximate surface area is 142 Å². The van der Waals surface area contributed by atoms with Gasteiger partial charge < -0.3 is 15.1 Å². The molecule has 24 heavy (non-hydrogen) atoms. The first-order valence-corrected chi connectivity index (χ1v) is 8.41. The van der Waals surface area contributed by atoms with Gasteiger partial charge in [0, 0.05) is 51.1 Å². The van der Waals surface area contributed by atoms with Crippen molar-refractivity contribution in [3.05, 3.63) is 35.4 Å². The van der Waals surface area contributed by atoms with Crippen LogP contribution in [-0.2, 0) is 4.79 Å². The monoisotopic (exact) mass is 331 g/mol. The molecule has 1 aliphatic rings. The maximum atomic E-state index is 12.2. The van der Waals surface area contributed by atoms with E-state index < -0.39 is 0 Å². The third-order valence-corrected chi connectivity index (χ3v) is 4.19. The standard InChI is InChI=1S/C18H25N3O3/c1-3-19-18(24)21-12-10-20(11-13-21)17(23)9-8-16(22)15-6-4-14(2)5-7-15/h4-7H,3,8-13H2,1-2H3,(H,19,24). The number of amides is 3. The van der Waals surface area contributed by atoms with Crippen LogP contribution in [0.1, 0.15) is 35.7 Å². The van der Waals surface area contributed by atoms with Gasteiger partial charge in [-0.05, 0) is 13.8 Å². The van der Waals surface area contributed by atoms with E-state index in [4.69, 9.17) is 0 Å². The summed E-state index contributed by atoms with van der Waals surface area (Å²) >= 11 is 0. The molecule has 1 aliphatic heterocycles. The number of hydrogen-bond donors (Lipinski definition) is 1. The molecule has 1 aromatic carbocycles. The first-order valence-electron chi connectivity index (χ1n) is 8.41. The zero-order valence-corrected chi connectivity index (χ0v) is 14.4. The third kappa shape index (κ3) is 4.81. The number of ketones is 1. The largest absolute Gasteiger partial charge is 0.339 e. The number of nitrogens with zero attached hydrogens (tertiary/aromatic N) is 2. The molecule has 6 heteroatoms. The molecule has 2 rings (SSSR count). The molecule has 130 valence electrons. The topological polar surface area (TPSA) is 69.7 Å². The Morgan fingerprint density at radius 1 is 0.958 bits per heavy atom. The predicted octanol–water partition coefficient (Wildman–Crippen LogP) is 1.83. The molecule has 0 aliphatic carbocycles. The summed E-state index contributed by atoms with van der Waals surface area (Å²) in [6, 6.07) is 7.31. The highest BCUT2D eigenvalue weighted by molar-refractivity contribution is 5.98. The minimum absolute atomic E-state index is 0.00990. The van der Waals surface area contributed by atoms with Gasteiger partial charge in [-0.25, -0.2) is 4.79 Å². The molecule has 0 atom stereocenters. The fourth-order valence-corrected chi connectivity index (χ4v) is 2.68. The van der Waals surface area contributed by atoms with E-state index >= 15 is 0 Å². The van der Waals surface area contributed by atoms with Crippen molar-refractivity contribution in [1.29, 1.82) is 0 Å². The van der Waals surface area contributed by atoms with E-state index in [1.807, 2.05) is 26.0 Å². The lowest BCUT2D eigenvalue weighted by Gasteiger charge is -2.34. The van der Waals surface area contributed by atoms with Crippen LogP contribution in [0.2, 0.25) is 0 Å². The molecule has 6 nitrogen and oxygen atoms in total. The summed E-state index contributed by atoms with van der Waals surface area (Å²) in [6.45, 7) is 6.55. The number of carbonyl (C=O) groups is 3. The molecule has 1 aromatic rings. The number of nitrogens with one attached hydrogen (secondary N) is 1. The minimum atomic E-state index is -0.0841. The summed E-state index contributed by atoms with van der Waals surface area (Å²) < 4.78 is 0. The van der Waals surface area contributed by atoms with Crippen LogP contribution < -0.4 is 5.32 Å². The first-order chi connectivity index (χ1) is 11.5. The molecule has 0 spiro atoms. The third-order valence-electron chi connectivity index (χ3n) is 4.19. The summed E-state index contributed by atoms with van der Waals surface area (Å²) in [4.78, 5) is 39.6. The fourth-order valence-electron chi connectivity index (χ4n) is 2.68. The van der Waals surface area contributed by atoms with E-state index in [2.05, 4.69) is 5.32 Å². The molecule has 1 saturated heterocycles. The smallest absolute Gasteiger partial charge is 0.317 e. The lowest BCUT2D eigenvalue weighted by molar-refractivity contribution is -0.132. The number of piperazine rings is 1.